The number of halogens is 1. The molecule has 0 aromatic carbocycles. The van der Waals surface area contributed by atoms with E-state index in [1.807, 2.05) is 6.08 Å². The predicted octanol–water partition coefficient (Wildman–Crippen LogP) is 5.54. The molecule has 0 aromatic heterocycles. The fraction of sp³-hybridized carbons (Fsp3) is 0.762. The van der Waals surface area contributed by atoms with E-state index in [9.17, 15) is 4.79 Å². The molecule has 23 heavy (non-hydrogen) atoms. The second kappa shape index (κ2) is 5.22. The largest absolute Gasteiger partial charge is 0.290 e. The SMILES string of the molecule is CC[C@@H]1CC[C@H]2[C@@H]3[C@H](Cl)CC4=CC(=O)C=C[C@]4(C)[C@H]3CC[C@]12C. The van der Waals surface area contributed by atoms with Crippen molar-refractivity contribution in [2.24, 2.45) is 34.5 Å². The number of carbonyl (C=O) groups is 1. The molecule has 0 heterocycles. The molecule has 0 radical (unpaired) electrons. The summed E-state index contributed by atoms with van der Waals surface area (Å²) in [5, 5.41) is 0.207. The predicted molar refractivity (Wildman–Crippen MR) is 95.4 cm³/mol. The molecule has 3 fully saturated rings. The highest BCUT2D eigenvalue weighted by Crippen LogP contribution is 2.67. The number of allylic oxidation sites excluding steroid dienone is 4. The van der Waals surface area contributed by atoms with E-state index in [0.29, 0.717) is 17.3 Å². The van der Waals surface area contributed by atoms with Gasteiger partial charge in [-0.1, -0.05) is 38.8 Å². The molecule has 7 atom stereocenters. The minimum atomic E-state index is 0.0651. The van der Waals surface area contributed by atoms with Gasteiger partial charge in [-0.05, 0) is 73.3 Å². The van der Waals surface area contributed by atoms with Crippen LogP contribution in [-0.2, 0) is 4.79 Å². The van der Waals surface area contributed by atoms with Crippen molar-refractivity contribution in [1.82, 2.24) is 0 Å². The Kier molecular flexibility index (Phi) is 3.61. The molecule has 126 valence electrons. The van der Waals surface area contributed by atoms with Crippen LogP contribution in [0.5, 0.6) is 0 Å². The third kappa shape index (κ3) is 2.08. The Morgan fingerprint density at radius 2 is 2.00 bits per heavy atom. The summed E-state index contributed by atoms with van der Waals surface area (Å²) in [5.41, 5.74) is 1.85. The van der Waals surface area contributed by atoms with Crippen LogP contribution in [0.15, 0.2) is 23.8 Å². The van der Waals surface area contributed by atoms with Crippen LogP contribution < -0.4 is 0 Å². The fourth-order valence-electron chi connectivity index (χ4n) is 6.90. The van der Waals surface area contributed by atoms with E-state index in [2.05, 4.69) is 26.8 Å². The number of carbonyl (C=O) groups excluding carboxylic acids is 1. The maximum atomic E-state index is 11.8. The molecule has 0 unspecified atom stereocenters. The van der Waals surface area contributed by atoms with Crippen LogP contribution in [0.2, 0.25) is 0 Å². The van der Waals surface area contributed by atoms with Gasteiger partial charge in [0.15, 0.2) is 5.78 Å². The summed E-state index contributed by atoms with van der Waals surface area (Å²) in [6.07, 6.45) is 13.5. The summed E-state index contributed by atoms with van der Waals surface area (Å²) in [6, 6.07) is 0. The van der Waals surface area contributed by atoms with E-state index in [1.54, 1.807) is 6.08 Å². The summed E-state index contributed by atoms with van der Waals surface area (Å²) in [7, 11) is 0. The molecule has 0 saturated heterocycles. The summed E-state index contributed by atoms with van der Waals surface area (Å²) >= 11 is 6.96. The fourth-order valence-corrected chi connectivity index (χ4v) is 7.42. The molecule has 4 aliphatic carbocycles. The molecule has 0 aromatic rings. The van der Waals surface area contributed by atoms with E-state index >= 15 is 0 Å². The quantitative estimate of drug-likeness (QED) is 0.576. The lowest BCUT2D eigenvalue weighted by atomic mass is 9.47. The van der Waals surface area contributed by atoms with Crippen LogP contribution in [0, 0.1) is 34.5 Å². The van der Waals surface area contributed by atoms with E-state index in [4.69, 9.17) is 11.6 Å². The van der Waals surface area contributed by atoms with Crippen LogP contribution in [0.1, 0.15) is 59.3 Å². The molecule has 0 aliphatic heterocycles. The Balaban J connectivity index is 1.73. The number of hydrogen-bond acceptors (Lipinski definition) is 1. The standard InChI is InChI=1S/C21H29ClO/c1-4-13-5-6-16-19-17(8-10-20(13,16)2)21(3)9-7-15(23)11-14(21)12-18(19)22/h7,9,11,13,16-19H,4-6,8,10,12H2,1-3H3/t13-,16+,17+,18-,19+,20-,21+/m1/s1. The van der Waals surface area contributed by atoms with Crippen molar-refractivity contribution in [3.05, 3.63) is 23.8 Å². The highest BCUT2D eigenvalue weighted by molar-refractivity contribution is 6.21. The van der Waals surface area contributed by atoms with Gasteiger partial charge in [0.25, 0.3) is 0 Å². The molecule has 0 bridgehead atoms. The Bertz CT molecular complexity index is 591. The highest BCUT2D eigenvalue weighted by atomic mass is 35.5. The van der Waals surface area contributed by atoms with Gasteiger partial charge in [-0.25, -0.2) is 0 Å². The summed E-state index contributed by atoms with van der Waals surface area (Å²) in [5.74, 6) is 3.03. The molecular weight excluding hydrogens is 304 g/mol. The van der Waals surface area contributed by atoms with Crippen molar-refractivity contribution in [2.45, 2.75) is 64.7 Å². The zero-order valence-corrected chi connectivity index (χ0v) is 15.4. The van der Waals surface area contributed by atoms with Gasteiger partial charge in [0.05, 0.1) is 0 Å². The number of ketones is 1. The molecule has 3 saturated carbocycles. The first-order chi connectivity index (χ1) is 10.9. The molecule has 1 nitrogen and oxygen atoms in total. The average molecular weight is 333 g/mol. The lowest BCUT2D eigenvalue weighted by Crippen LogP contribution is -2.53. The zero-order chi connectivity index (χ0) is 16.4. The van der Waals surface area contributed by atoms with Crippen LogP contribution in [0.3, 0.4) is 0 Å². The van der Waals surface area contributed by atoms with Crippen LogP contribution in [0.4, 0.5) is 0 Å². The number of alkyl halides is 1. The normalized spacial score (nSPS) is 51.7. The smallest absolute Gasteiger partial charge is 0.178 e. The van der Waals surface area contributed by atoms with Crippen molar-refractivity contribution in [3.63, 3.8) is 0 Å². The summed E-state index contributed by atoms with van der Waals surface area (Å²) < 4.78 is 0. The van der Waals surface area contributed by atoms with Crippen LogP contribution >= 0.6 is 11.6 Å². The van der Waals surface area contributed by atoms with Gasteiger partial charge in [-0.2, -0.15) is 0 Å². The molecule has 0 amide bonds. The Morgan fingerprint density at radius 1 is 1.22 bits per heavy atom. The van der Waals surface area contributed by atoms with Gasteiger partial charge in [0, 0.05) is 10.8 Å². The minimum Gasteiger partial charge on any atom is -0.290 e. The zero-order valence-electron chi connectivity index (χ0n) is 14.6. The second-order valence-electron chi connectivity index (χ2n) is 8.93. The Morgan fingerprint density at radius 3 is 2.74 bits per heavy atom. The first kappa shape index (κ1) is 15.9. The van der Waals surface area contributed by atoms with Gasteiger partial charge in [0.2, 0.25) is 0 Å². The van der Waals surface area contributed by atoms with Crippen molar-refractivity contribution in [3.8, 4) is 0 Å². The minimum absolute atomic E-state index is 0.0651. The molecule has 4 rings (SSSR count). The van der Waals surface area contributed by atoms with Gasteiger partial charge in [-0.15, -0.1) is 11.6 Å². The second-order valence-corrected chi connectivity index (χ2v) is 9.49. The first-order valence-electron chi connectivity index (χ1n) is 9.48. The third-order valence-electron chi connectivity index (χ3n) is 8.23. The highest BCUT2D eigenvalue weighted by Gasteiger charge is 2.60. The monoisotopic (exact) mass is 332 g/mol. The Hall–Kier alpha value is -0.560. The van der Waals surface area contributed by atoms with Crippen LogP contribution in [0.25, 0.3) is 0 Å². The van der Waals surface area contributed by atoms with Crippen LogP contribution in [-0.4, -0.2) is 11.2 Å². The van der Waals surface area contributed by atoms with Crippen molar-refractivity contribution in [2.75, 3.05) is 0 Å². The van der Waals surface area contributed by atoms with E-state index in [0.717, 1.165) is 18.3 Å². The topological polar surface area (TPSA) is 17.1 Å². The molecule has 4 aliphatic rings. The van der Waals surface area contributed by atoms with Crippen molar-refractivity contribution < 1.29 is 4.79 Å². The number of rotatable bonds is 1. The summed E-state index contributed by atoms with van der Waals surface area (Å²) in [4.78, 5) is 11.8. The van der Waals surface area contributed by atoms with Gasteiger partial charge >= 0.3 is 0 Å². The lowest BCUT2D eigenvalue weighted by Gasteiger charge is -2.58. The van der Waals surface area contributed by atoms with E-state index < -0.39 is 0 Å². The number of fused-ring (bicyclic) bond motifs is 5. The van der Waals surface area contributed by atoms with Crippen molar-refractivity contribution >= 4 is 17.4 Å². The van der Waals surface area contributed by atoms with Gasteiger partial charge in [0.1, 0.15) is 0 Å². The lowest BCUT2D eigenvalue weighted by molar-refractivity contribution is -0.111. The van der Waals surface area contributed by atoms with E-state index in [1.165, 1.54) is 37.7 Å². The molecule has 0 spiro atoms. The maximum absolute atomic E-state index is 11.8. The van der Waals surface area contributed by atoms with E-state index in [-0.39, 0.29) is 16.6 Å². The van der Waals surface area contributed by atoms with Gasteiger partial charge in [-0.3, -0.25) is 4.79 Å². The maximum Gasteiger partial charge on any atom is 0.178 e. The molecular formula is C21H29ClO. The Labute approximate surface area is 145 Å². The molecule has 2 heteroatoms. The summed E-state index contributed by atoms with van der Waals surface area (Å²) in [6.45, 7) is 7.27. The first-order valence-corrected chi connectivity index (χ1v) is 9.92. The molecule has 0 N–H and O–H groups in total. The third-order valence-corrected chi connectivity index (χ3v) is 8.67. The number of hydrogen-bond donors (Lipinski definition) is 0. The van der Waals surface area contributed by atoms with Crippen molar-refractivity contribution in [1.29, 1.82) is 0 Å². The average Bonchev–Trinajstić information content (AvgIpc) is 2.85. The van der Waals surface area contributed by atoms with Gasteiger partial charge < -0.3 is 0 Å².